The molecule has 0 amide bonds. The monoisotopic (exact) mass is 268 g/mol. The second-order valence-corrected chi connectivity index (χ2v) is 5.42. The Morgan fingerprint density at radius 3 is 2.93 bits per heavy atom. The van der Waals surface area contributed by atoms with Crippen molar-refractivity contribution in [3.8, 4) is 0 Å². The van der Waals surface area contributed by atoms with Gasteiger partial charge in [-0.3, -0.25) is 4.98 Å². The molecular formula is C12H17BrN2. The van der Waals surface area contributed by atoms with E-state index >= 15 is 0 Å². The van der Waals surface area contributed by atoms with E-state index in [-0.39, 0.29) is 0 Å². The Morgan fingerprint density at radius 1 is 1.47 bits per heavy atom. The number of aromatic nitrogens is 1. The fraction of sp³-hybridized carbons (Fsp3) is 0.583. The van der Waals surface area contributed by atoms with Gasteiger partial charge in [0.2, 0.25) is 0 Å². The molecule has 0 N–H and O–H groups in total. The molecule has 82 valence electrons. The van der Waals surface area contributed by atoms with Crippen LogP contribution in [-0.4, -0.2) is 17.6 Å². The van der Waals surface area contributed by atoms with Gasteiger partial charge in [0.25, 0.3) is 0 Å². The van der Waals surface area contributed by atoms with Gasteiger partial charge in [-0.15, -0.1) is 0 Å². The maximum atomic E-state index is 4.23. The number of hydrogen-bond donors (Lipinski definition) is 0. The molecular weight excluding hydrogens is 252 g/mol. The van der Waals surface area contributed by atoms with Crippen LogP contribution in [0, 0.1) is 5.92 Å². The minimum Gasteiger partial charge on any atom is -0.367 e. The zero-order valence-corrected chi connectivity index (χ0v) is 10.9. The summed E-state index contributed by atoms with van der Waals surface area (Å²) in [6.45, 7) is 5.77. The zero-order valence-electron chi connectivity index (χ0n) is 9.28. The lowest BCUT2D eigenvalue weighted by atomic mass is 10.0. The lowest BCUT2D eigenvalue weighted by Gasteiger charge is -2.29. The van der Waals surface area contributed by atoms with Crippen LogP contribution in [0.5, 0.6) is 0 Å². The predicted molar refractivity (Wildman–Crippen MR) is 67.1 cm³/mol. The average molecular weight is 269 g/mol. The molecule has 1 aromatic rings. The summed E-state index contributed by atoms with van der Waals surface area (Å²) in [5.41, 5.74) is 1.25. The quantitative estimate of drug-likeness (QED) is 0.817. The first-order chi connectivity index (χ1) is 7.18. The number of rotatable bonds is 2. The van der Waals surface area contributed by atoms with Gasteiger partial charge in [-0.2, -0.15) is 0 Å². The molecule has 2 heterocycles. The Labute approximate surface area is 99.8 Å². The molecule has 1 aliphatic rings. The Balaban J connectivity index is 2.22. The molecule has 2 rings (SSSR count). The summed E-state index contributed by atoms with van der Waals surface area (Å²) in [6, 6.07) is 2.84. The van der Waals surface area contributed by atoms with E-state index in [1.807, 2.05) is 12.4 Å². The van der Waals surface area contributed by atoms with Gasteiger partial charge < -0.3 is 4.90 Å². The third-order valence-electron chi connectivity index (χ3n) is 3.09. The van der Waals surface area contributed by atoms with E-state index in [1.54, 1.807) is 0 Å². The minimum atomic E-state index is 0.682. The lowest BCUT2D eigenvalue weighted by Crippen LogP contribution is -2.33. The molecule has 0 spiro atoms. The van der Waals surface area contributed by atoms with Crippen LogP contribution in [0.15, 0.2) is 22.9 Å². The fourth-order valence-corrected chi connectivity index (χ4v) is 2.72. The van der Waals surface area contributed by atoms with Crippen molar-refractivity contribution in [1.82, 2.24) is 4.98 Å². The molecule has 0 aliphatic carbocycles. The van der Waals surface area contributed by atoms with Gasteiger partial charge in [0.15, 0.2) is 0 Å². The Kier molecular flexibility index (Phi) is 3.29. The van der Waals surface area contributed by atoms with E-state index in [0.29, 0.717) is 12.0 Å². The highest BCUT2D eigenvalue weighted by atomic mass is 79.9. The smallest absolute Gasteiger partial charge is 0.0566 e. The van der Waals surface area contributed by atoms with Crippen molar-refractivity contribution < 1.29 is 0 Å². The molecule has 1 unspecified atom stereocenters. The van der Waals surface area contributed by atoms with E-state index in [0.717, 1.165) is 4.47 Å². The molecule has 1 aromatic heterocycles. The van der Waals surface area contributed by atoms with Gasteiger partial charge in [-0.05, 0) is 40.8 Å². The zero-order chi connectivity index (χ0) is 10.8. The van der Waals surface area contributed by atoms with E-state index in [2.05, 4.69) is 45.7 Å². The molecule has 0 radical (unpaired) electrons. The minimum absolute atomic E-state index is 0.682. The molecule has 0 saturated carbocycles. The highest BCUT2D eigenvalue weighted by Gasteiger charge is 2.27. The van der Waals surface area contributed by atoms with Gasteiger partial charge in [0.05, 0.1) is 11.9 Å². The molecule has 15 heavy (non-hydrogen) atoms. The van der Waals surface area contributed by atoms with Crippen LogP contribution in [0.2, 0.25) is 0 Å². The van der Waals surface area contributed by atoms with Crippen molar-refractivity contribution in [2.75, 3.05) is 11.4 Å². The topological polar surface area (TPSA) is 16.1 Å². The van der Waals surface area contributed by atoms with Crippen molar-refractivity contribution in [3.05, 3.63) is 22.9 Å². The Bertz CT molecular complexity index is 338. The summed E-state index contributed by atoms with van der Waals surface area (Å²) < 4.78 is 1.06. The standard InChI is InChI=1S/C12H17BrN2/c1-9(2)12-4-3-5-15(12)11-6-10(13)7-14-8-11/h6-9,12H,3-5H2,1-2H3. The summed E-state index contributed by atoms with van der Waals surface area (Å²) >= 11 is 3.48. The van der Waals surface area contributed by atoms with E-state index in [9.17, 15) is 0 Å². The summed E-state index contributed by atoms with van der Waals surface area (Å²) in [5.74, 6) is 0.714. The van der Waals surface area contributed by atoms with Crippen LogP contribution in [0.1, 0.15) is 26.7 Å². The lowest BCUT2D eigenvalue weighted by molar-refractivity contribution is 0.491. The third-order valence-corrected chi connectivity index (χ3v) is 3.52. The molecule has 2 nitrogen and oxygen atoms in total. The second kappa shape index (κ2) is 4.52. The van der Waals surface area contributed by atoms with Crippen LogP contribution in [0.25, 0.3) is 0 Å². The maximum absolute atomic E-state index is 4.23. The van der Waals surface area contributed by atoms with Crippen LogP contribution >= 0.6 is 15.9 Å². The normalized spacial score (nSPS) is 21.3. The molecule has 1 aliphatic heterocycles. The van der Waals surface area contributed by atoms with Gasteiger partial charge in [-0.1, -0.05) is 13.8 Å². The summed E-state index contributed by atoms with van der Waals surface area (Å²) in [4.78, 5) is 6.72. The maximum Gasteiger partial charge on any atom is 0.0566 e. The van der Waals surface area contributed by atoms with Crippen molar-refractivity contribution in [1.29, 1.82) is 0 Å². The second-order valence-electron chi connectivity index (χ2n) is 4.51. The number of halogens is 1. The van der Waals surface area contributed by atoms with Crippen molar-refractivity contribution in [2.24, 2.45) is 5.92 Å². The van der Waals surface area contributed by atoms with Crippen LogP contribution in [-0.2, 0) is 0 Å². The molecule has 0 aromatic carbocycles. The first-order valence-corrected chi connectivity index (χ1v) is 6.35. The highest BCUT2D eigenvalue weighted by Crippen LogP contribution is 2.30. The fourth-order valence-electron chi connectivity index (χ4n) is 2.36. The van der Waals surface area contributed by atoms with Crippen LogP contribution in [0.3, 0.4) is 0 Å². The molecule has 1 saturated heterocycles. The van der Waals surface area contributed by atoms with E-state index < -0.39 is 0 Å². The van der Waals surface area contributed by atoms with Gasteiger partial charge in [0.1, 0.15) is 0 Å². The predicted octanol–water partition coefficient (Wildman–Crippen LogP) is 3.47. The molecule has 0 bridgehead atoms. The number of hydrogen-bond acceptors (Lipinski definition) is 2. The van der Waals surface area contributed by atoms with Gasteiger partial charge in [0, 0.05) is 23.3 Å². The Hall–Kier alpha value is -0.570. The molecule has 1 atom stereocenters. The molecule has 1 fully saturated rings. The van der Waals surface area contributed by atoms with Crippen LogP contribution in [0.4, 0.5) is 5.69 Å². The van der Waals surface area contributed by atoms with Crippen molar-refractivity contribution in [2.45, 2.75) is 32.7 Å². The van der Waals surface area contributed by atoms with Crippen LogP contribution < -0.4 is 4.90 Å². The third kappa shape index (κ3) is 2.33. The average Bonchev–Trinajstić information content (AvgIpc) is 2.65. The van der Waals surface area contributed by atoms with E-state index in [1.165, 1.54) is 25.1 Å². The SMILES string of the molecule is CC(C)C1CCCN1c1cncc(Br)c1. The van der Waals surface area contributed by atoms with E-state index in [4.69, 9.17) is 0 Å². The summed E-state index contributed by atoms with van der Waals surface area (Å²) in [7, 11) is 0. The number of pyridine rings is 1. The first kappa shape index (κ1) is 10.9. The Morgan fingerprint density at radius 2 is 2.27 bits per heavy atom. The highest BCUT2D eigenvalue weighted by molar-refractivity contribution is 9.10. The van der Waals surface area contributed by atoms with Crippen molar-refractivity contribution >= 4 is 21.6 Å². The largest absolute Gasteiger partial charge is 0.367 e. The van der Waals surface area contributed by atoms with Crippen molar-refractivity contribution in [3.63, 3.8) is 0 Å². The van der Waals surface area contributed by atoms with Gasteiger partial charge in [-0.25, -0.2) is 0 Å². The summed E-state index contributed by atoms with van der Waals surface area (Å²) in [6.07, 6.45) is 6.41. The summed E-state index contributed by atoms with van der Waals surface area (Å²) in [5, 5.41) is 0. The first-order valence-electron chi connectivity index (χ1n) is 5.55. The molecule has 3 heteroatoms. The number of nitrogens with zero attached hydrogens (tertiary/aromatic N) is 2. The van der Waals surface area contributed by atoms with Gasteiger partial charge >= 0.3 is 0 Å². The number of anilines is 1.